The Bertz CT molecular complexity index is 450. The first-order valence-corrected chi connectivity index (χ1v) is 5.14. The van der Waals surface area contributed by atoms with Crippen molar-refractivity contribution in [1.29, 1.82) is 0 Å². The molecule has 0 fully saturated rings. The minimum atomic E-state index is 0.881. The highest BCUT2D eigenvalue weighted by atomic mass is 32.1. The van der Waals surface area contributed by atoms with Gasteiger partial charge < -0.3 is 9.64 Å². The second-order valence-electron chi connectivity index (χ2n) is 3.22. The number of nitrogens with zero attached hydrogens (tertiary/aromatic N) is 2. The maximum atomic E-state index is 5.16. The van der Waals surface area contributed by atoms with Crippen LogP contribution in [0.5, 0.6) is 5.75 Å². The van der Waals surface area contributed by atoms with Crippen molar-refractivity contribution < 1.29 is 4.74 Å². The van der Waals surface area contributed by atoms with Crippen molar-refractivity contribution in [3.05, 3.63) is 18.2 Å². The summed E-state index contributed by atoms with van der Waals surface area (Å²) in [7, 11) is 5.67. The van der Waals surface area contributed by atoms with Gasteiger partial charge in [-0.15, -0.1) is 0 Å². The minimum absolute atomic E-state index is 0.881. The zero-order chi connectivity index (χ0) is 10.1. The van der Waals surface area contributed by atoms with Crippen LogP contribution in [0.3, 0.4) is 0 Å². The van der Waals surface area contributed by atoms with Gasteiger partial charge in [-0.3, -0.25) is 0 Å². The topological polar surface area (TPSA) is 25.4 Å². The number of ether oxygens (including phenoxy) is 1. The Morgan fingerprint density at radius 2 is 2.14 bits per heavy atom. The van der Waals surface area contributed by atoms with Crippen molar-refractivity contribution in [2.75, 3.05) is 26.1 Å². The monoisotopic (exact) mass is 208 g/mol. The van der Waals surface area contributed by atoms with Crippen LogP contribution in [-0.4, -0.2) is 26.2 Å². The van der Waals surface area contributed by atoms with Gasteiger partial charge in [0.15, 0.2) is 5.13 Å². The molecule has 0 radical (unpaired) electrons. The molecule has 0 N–H and O–H groups in total. The van der Waals surface area contributed by atoms with E-state index in [1.54, 1.807) is 18.4 Å². The molecule has 2 rings (SSSR count). The molecule has 2 aromatic rings. The molecule has 74 valence electrons. The predicted octanol–water partition coefficient (Wildman–Crippen LogP) is 2.37. The van der Waals surface area contributed by atoms with Crippen LogP contribution >= 0.6 is 11.3 Å². The van der Waals surface area contributed by atoms with Gasteiger partial charge in [0.1, 0.15) is 5.75 Å². The Morgan fingerprint density at radius 3 is 2.79 bits per heavy atom. The summed E-state index contributed by atoms with van der Waals surface area (Å²) in [5.41, 5.74) is 1.03. The fourth-order valence-corrected chi connectivity index (χ4v) is 2.13. The molecule has 3 nitrogen and oxygen atoms in total. The normalized spacial score (nSPS) is 10.5. The highest BCUT2D eigenvalue weighted by Crippen LogP contribution is 2.30. The molecule has 4 heteroatoms. The Morgan fingerprint density at radius 1 is 1.36 bits per heavy atom. The van der Waals surface area contributed by atoms with E-state index < -0.39 is 0 Å². The van der Waals surface area contributed by atoms with Crippen LogP contribution in [0.15, 0.2) is 18.2 Å². The third-order valence-electron chi connectivity index (χ3n) is 1.97. The number of aromatic nitrogens is 1. The molecule has 0 aliphatic heterocycles. The average molecular weight is 208 g/mol. The molecule has 0 aliphatic rings. The number of rotatable bonds is 2. The van der Waals surface area contributed by atoms with E-state index >= 15 is 0 Å². The van der Waals surface area contributed by atoms with Crippen molar-refractivity contribution in [3.63, 3.8) is 0 Å². The lowest BCUT2D eigenvalue weighted by molar-refractivity contribution is 0.415. The van der Waals surface area contributed by atoms with Crippen LogP contribution in [0.25, 0.3) is 10.2 Å². The summed E-state index contributed by atoms with van der Waals surface area (Å²) < 4.78 is 6.32. The average Bonchev–Trinajstić information content (AvgIpc) is 2.59. The number of fused-ring (bicyclic) bond motifs is 1. The first-order chi connectivity index (χ1) is 6.70. The van der Waals surface area contributed by atoms with E-state index in [4.69, 9.17) is 4.74 Å². The Labute approximate surface area is 86.9 Å². The van der Waals surface area contributed by atoms with Crippen molar-refractivity contribution in [3.8, 4) is 5.75 Å². The molecule has 1 aromatic carbocycles. The molecule has 0 saturated heterocycles. The van der Waals surface area contributed by atoms with Gasteiger partial charge in [0, 0.05) is 14.1 Å². The van der Waals surface area contributed by atoms with Gasteiger partial charge in [0.2, 0.25) is 0 Å². The summed E-state index contributed by atoms with van der Waals surface area (Å²) in [5.74, 6) is 0.881. The molecule has 0 aliphatic carbocycles. The van der Waals surface area contributed by atoms with Gasteiger partial charge in [-0.2, -0.15) is 0 Å². The number of benzene rings is 1. The number of methoxy groups -OCH3 is 1. The fourth-order valence-electron chi connectivity index (χ4n) is 1.21. The van der Waals surface area contributed by atoms with Crippen molar-refractivity contribution >= 4 is 26.7 Å². The third-order valence-corrected chi connectivity index (χ3v) is 3.15. The highest BCUT2D eigenvalue weighted by molar-refractivity contribution is 7.22. The standard InChI is InChI=1S/C10H12N2OS/c1-12(2)10-11-8-5-4-7(13-3)6-9(8)14-10/h4-6H,1-3H3. The quantitative estimate of drug-likeness (QED) is 0.757. The summed E-state index contributed by atoms with van der Waals surface area (Å²) in [6, 6.07) is 5.93. The van der Waals surface area contributed by atoms with Gasteiger partial charge in [0.25, 0.3) is 0 Å². The van der Waals surface area contributed by atoms with E-state index in [0.29, 0.717) is 0 Å². The van der Waals surface area contributed by atoms with Crippen LogP contribution in [0.1, 0.15) is 0 Å². The van der Waals surface area contributed by atoms with Gasteiger partial charge in [0.05, 0.1) is 17.3 Å². The lowest BCUT2D eigenvalue weighted by Crippen LogP contribution is -2.07. The number of anilines is 1. The maximum absolute atomic E-state index is 5.16. The van der Waals surface area contributed by atoms with E-state index in [9.17, 15) is 0 Å². The zero-order valence-corrected chi connectivity index (χ0v) is 9.26. The van der Waals surface area contributed by atoms with Gasteiger partial charge in [-0.25, -0.2) is 4.98 Å². The lowest BCUT2D eigenvalue weighted by Gasteiger charge is -2.04. The minimum Gasteiger partial charge on any atom is -0.497 e. The van der Waals surface area contributed by atoms with Crippen LogP contribution in [-0.2, 0) is 0 Å². The molecular formula is C10H12N2OS. The third kappa shape index (κ3) is 1.53. The van der Waals surface area contributed by atoms with E-state index in [-0.39, 0.29) is 0 Å². The van der Waals surface area contributed by atoms with Gasteiger partial charge >= 0.3 is 0 Å². The summed E-state index contributed by atoms with van der Waals surface area (Å²) in [4.78, 5) is 6.49. The second-order valence-corrected chi connectivity index (χ2v) is 4.23. The SMILES string of the molecule is COc1ccc2nc(N(C)C)sc2c1. The fraction of sp³-hybridized carbons (Fsp3) is 0.300. The Balaban J connectivity index is 2.54. The smallest absolute Gasteiger partial charge is 0.185 e. The molecule has 1 heterocycles. The molecule has 0 saturated carbocycles. The van der Waals surface area contributed by atoms with Gasteiger partial charge in [-0.05, 0) is 18.2 Å². The predicted molar refractivity (Wildman–Crippen MR) is 60.5 cm³/mol. The summed E-state index contributed by atoms with van der Waals surface area (Å²) in [6.45, 7) is 0. The van der Waals surface area contributed by atoms with Crippen LogP contribution in [0.4, 0.5) is 5.13 Å². The van der Waals surface area contributed by atoms with E-state index in [2.05, 4.69) is 4.98 Å². The summed E-state index contributed by atoms with van der Waals surface area (Å²) in [5, 5.41) is 1.02. The van der Waals surface area contributed by atoms with Crippen molar-refractivity contribution in [1.82, 2.24) is 4.98 Å². The molecule has 0 bridgehead atoms. The molecule has 0 unspecified atom stereocenters. The first-order valence-electron chi connectivity index (χ1n) is 4.32. The van der Waals surface area contributed by atoms with Crippen molar-refractivity contribution in [2.24, 2.45) is 0 Å². The molecule has 1 aromatic heterocycles. The van der Waals surface area contributed by atoms with Crippen LogP contribution in [0, 0.1) is 0 Å². The second kappa shape index (κ2) is 3.46. The molecule has 14 heavy (non-hydrogen) atoms. The number of hydrogen-bond donors (Lipinski definition) is 0. The first kappa shape index (κ1) is 9.27. The van der Waals surface area contributed by atoms with E-state index in [0.717, 1.165) is 21.1 Å². The molecule has 0 spiro atoms. The van der Waals surface area contributed by atoms with Crippen molar-refractivity contribution in [2.45, 2.75) is 0 Å². The Kier molecular flexibility index (Phi) is 2.29. The van der Waals surface area contributed by atoms with E-state index in [1.165, 1.54) is 0 Å². The molecular weight excluding hydrogens is 196 g/mol. The zero-order valence-electron chi connectivity index (χ0n) is 8.44. The lowest BCUT2D eigenvalue weighted by atomic mass is 10.3. The van der Waals surface area contributed by atoms with Gasteiger partial charge in [-0.1, -0.05) is 11.3 Å². The largest absolute Gasteiger partial charge is 0.497 e. The number of thiazole rings is 1. The Hall–Kier alpha value is -1.29. The highest BCUT2D eigenvalue weighted by Gasteiger charge is 2.05. The summed E-state index contributed by atoms with van der Waals surface area (Å²) >= 11 is 1.67. The summed E-state index contributed by atoms with van der Waals surface area (Å²) in [6.07, 6.45) is 0. The van der Waals surface area contributed by atoms with Crippen LogP contribution in [0.2, 0.25) is 0 Å². The molecule has 0 amide bonds. The van der Waals surface area contributed by atoms with Crippen LogP contribution < -0.4 is 9.64 Å². The maximum Gasteiger partial charge on any atom is 0.185 e. The van der Waals surface area contributed by atoms with E-state index in [1.807, 2.05) is 37.2 Å². The molecule has 0 atom stereocenters. The number of hydrogen-bond acceptors (Lipinski definition) is 4.